The van der Waals surface area contributed by atoms with Gasteiger partial charge in [0.25, 0.3) is 0 Å². The van der Waals surface area contributed by atoms with Crippen molar-refractivity contribution in [2.24, 2.45) is 5.92 Å². The van der Waals surface area contributed by atoms with Crippen LogP contribution in [0, 0.1) is 5.92 Å². The monoisotopic (exact) mass is 459 g/mol. The van der Waals surface area contributed by atoms with Crippen LogP contribution in [0.25, 0.3) is 0 Å². The van der Waals surface area contributed by atoms with Gasteiger partial charge in [0.2, 0.25) is 21.8 Å². The molecule has 0 aliphatic heterocycles. The van der Waals surface area contributed by atoms with Gasteiger partial charge < -0.3 is 10.6 Å². The summed E-state index contributed by atoms with van der Waals surface area (Å²) < 4.78 is 26.5. The number of nitrogens with zero attached hydrogens (tertiary/aromatic N) is 1. The Labute approximate surface area is 191 Å². The molecule has 8 heteroatoms. The van der Waals surface area contributed by atoms with Crippen molar-refractivity contribution < 1.29 is 18.0 Å². The number of hydrogen-bond acceptors (Lipinski definition) is 4. The fourth-order valence-electron chi connectivity index (χ4n) is 3.08. The summed E-state index contributed by atoms with van der Waals surface area (Å²) in [7, 11) is -3.47. The molecular weight excluding hydrogens is 426 g/mol. The lowest BCUT2D eigenvalue weighted by molar-refractivity contribution is -0.121. The van der Waals surface area contributed by atoms with Crippen molar-refractivity contribution in [1.29, 1.82) is 0 Å². The third-order valence-electron chi connectivity index (χ3n) is 5.14. The molecule has 0 unspecified atom stereocenters. The summed E-state index contributed by atoms with van der Waals surface area (Å²) in [5.74, 6) is -0.205. The maximum absolute atomic E-state index is 12.5. The Balaban J connectivity index is 1.82. The lowest BCUT2D eigenvalue weighted by Crippen LogP contribution is -2.30. The van der Waals surface area contributed by atoms with E-state index in [1.807, 2.05) is 52.0 Å². The third-order valence-corrected chi connectivity index (χ3v) is 7.21. The fraction of sp³-hybridized carbons (Fsp3) is 0.417. The Hall–Kier alpha value is -2.71. The van der Waals surface area contributed by atoms with Gasteiger partial charge in [-0.2, -0.15) is 4.31 Å². The summed E-state index contributed by atoms with van der Waals surface area (Å²) in [5, 5.41) is 5.72. The first kappa shape index (κ1) is 25.5. The zero-order valence-electron chi connectivity index (χ0n) is 19.2. The lowest BCUT2D eigenvalue weighted by Gasteiger charge is -2.18. The van der Waals surface area contributed by atoms with Crippen LogP contribution in [0.3, 0.4) is 0 Å². The molecule has 0 fully saturated rings. The second-order valence-electron chi connectivity index (χ2n) is 7.85. The zero-order valence-corrected chi connectivity index (χ0v) is 20.0. The van der Waals surface area contributed by atoms with E-state index in [4.69, 9.17) is 0 Å². The van der Waals surface area contributed by atoms with E-state index >= 15 is 0 Å². The number of amides is 2. The smallest absolute Gasteiger partial charge is 0.243 e. The van der Waals surface area contributed by atoms with E-state index in [2.05, 4.69) is 10.6 Å². The van der Waals surface area contributed by atoms with Crippen LogP contribution in [0.15, 0.2) is 53.4 Å². The molecule has 2 amide bonds. The summed E-state index contributed by atoms with van der Waals surface area (Å²) >= 11 is 0. The van der Waals surface area contributed by atoms with Gasteiger partial charge in [-0.05, 0) is 41.8 Å². The van der Waals surface area contributed by atoms with Gasteiger partial charge in [0.15, 0.2) is 0 Å². The molecule has 2 rings (SSSR count). The largest absolute Gasteiger partial charge is 0.352 e. The molecule has 0 saturated carbocycles. The maximum Gasteiger partial charge on any atom is 0.243 e. The number of anilines is 1. The van der Waals surface area contributed by atoms with Crippen LogP contribution >= 0.6 is 0 Å². The average Bonchev–Trinajstić information content (AvgIpc) is 2.78. The van der Waals surface area contributed by atoms with Gasteiger partial charge in [0, 0.05) is 37.7 Å². The second kappa shape index (κ2) is 11.8. The van der Waals surface area contributed by atoms with Crippen LogP contribution in [0.4, 0.5) is 5.69 Å². The Morgan fingerprint density at radius 3 is 2.00 bits per heavy atom. The van der Waals surface area contributed by atoms with Gasteiger partial charge in [0.1, 0.15) is 0 Å². The predicted molar refractivity (Wildman–Crippen MR) is 127 cm³/mol. The fourth-order valence-corrected chi connectivity index (χ4v) is 4.54. The highest BCUT2D eigenvalue weighted by atomic mass is 32.2. The molecule has 0 bridgehead atoms. The van der Waals surface area contributed by atoms with Crippen LogP contribution in [-0.4, -0.2) is 37.6 Å². The summed E-state index contributed by atoms with van der Waals surface area (Å²) in [6.45, 7) is 8.55. The summed E-state index contributed by atoms with van der Waals surface area (Å²) in [5.41, 5.74) is 2.57. The molecule has 0 aliphatic rings. The lowest BCUT2D eigenvalue weighted by atomic mass is 10.1. The molecule has 2 aromatic carbocycles. The molecule has 32 heavy (non-hydrogen) atoms. The summed E-state index contributed by atoms with van der Waals surface area (Å²) in [6, 6.07) is 14.1. The number of aryl methyl sites for hydroxylation is 1. The zero-order chi connectivity index (χ0) is 23.7. The number of rotatable bonds is 11. The van der Waals surface area contributed by atoms with Gasteiger partial charge in [-0.15, -0.1) is 0 Å². The molecule has 2 N–H and O–H groups in total. The molecule has 0 heterocycles. The molecule has 0 radical (unpaired) electrons. The van der Waals surface area contributed by atoms with Crippen molar-refractivity contribution in [2.45, 2.75) is 52.0 Å². The van der Waals surface area contributed by atoms with Crippen molar-refractivity contribution in [3.8, 4) is 0 Å². The van der Waals surface area contributed by atoms with E-state index in [9.17, 15) is 18.0 Å². The first-order chi connectivity index (χ1) is 15.2. The Morgan fingerprint density at radius 2 is 1.47 bits per heavy atom. The average molecular weight is 460 g/mol. The van der Waals surface area contributed by atoms with Crippen molar-refractivity contribution in [3.63, 3.8) is 0 Å². The molecule has 174 valence electrons. The summed E-state index contributed by atoms with van der Waals surface area (Å²) in [6.07, 6.45) is 0.836. The Morgan fingerprint density at radius 1 is 0.906 bits per heavy atom. The Bertz CT molecular complexity index is 997. The van der Waals surface area contributed by atoms with Gasteiger partial charge in [-0.25, -0.2) is 8.42 Å². The normalized spacial score (nSPS) is 11.6. The number of benzene rings is 2. The minimum atomic E-state index is -3.47. The van der Waals surface area contributed by atoms with E-state index < -0.39 is 10.0 Å². The SMILES string of the molecule is CCN(CC)S(=O)(=O)c1ccc(CCC(=O)NCc2ccc(NC(=O)C(C)C)cc2)cc1. The van der Waals surface area contributed by atoms with Crippen LogP contribution in [-0.2, 0) is 32.6 Å². The highest BCUT2D eigenvalue weighted by Crippen LogP contribution is 2.17. The first-order valence-electron chi connectivity index (χ1n) is 10.9. The van der Waals surface area contributed by atoms with Crippen molar-refractivity contribution >= 4 is 27.5 Å². The van der Waals surface area contributed by atoms with E-state index in [1.54, 1.807) is 24.3 Å². The van der Waals surface area contributed by atoms with Crippen molar-refractivity contribution in [2.75, 3.05) is 18.4 Å². The number of nitrogens with one attached hydrogen (secondary N) is 2. The number of hydrogen-bond donors (Lipinski definition) is 2. The van der Waals surface area contributed by atoms with Gasteiger partial charge in [-0.3, -0.25) is 9.59 Å². The maximum atomic E-state index is 12.5. The number of carbonyl (C=O) groups excluding carboxylic acids is 2. The standard InChI is InChI=1S/C24H33N3O4S/c1-5-27(6-2)32(30,31)22-14-9-19(10-15-22)11-16-23(28)25-17-20-7-12-21(13-8-20)26-24(29)18(3)4/h7-10,12-15,18H,5-6,11,16-17H2,1-4H3,(H,25,28)(H,26,29). The van der Waals surface area contributed by atoms with Crippen molar-refractivity contribution in [3.05, 3.63) is 59.7 Å². The van der Waals surface area contributed by atoms with Gasteiger partial charge >= 0.3 is 0 Å². The van der Waals surface area contributed by atoms with E-state index in [0.717, 1.165) is 16.8 Å². The molecule has 0 saturated heterocycles. The molecule has 2 aromatic rings. The minimum Gasteiger partial charge on any atom is -0.352 e. The molecule has 7 nitrogen and oxygen atoms in total. The van der Waals surface area contributed by atoms with E-state index in [1.165, 1.54) is 4.31 Å². The summed E-state index contributed by atoms with van der Waals surface area (Å²) in [4.78, 5) is 24.2. The molecule has 0 atom stereocenters. The van der Waals surface area contributed by atoms with Gasteiger partial charge in [0.05, 0.1) is 4.90 Å². The van der Waals surface area contributed by atoms with Crippen LogP contribution < -0.4 is 10.6 Å². The molecule has 0 aromatic heterocycles. The highest BCUT2D eigenvalue weighted by Gasteiger charge is 2.21. The van der Waals surface area contributed by atoms with Gasteiger partial charge in [-0.1, -0.05) is 52.0 Å². The van der Waals surface area contributed by atoms with E-state index in [-0.39, 0.29) is 22.6 Å². The minimum absolute atomic E-state index is 0.0373. The van der Waals surface area contributed by atoms with Crippen LogP contribution in [0.1, 0.15) is 45.2 Å². The number of sulfonamides is 1. The number of carbonyl (C=O) groups is 2. The topological polar surface area (TPSA) is 95.6 Å². The highest BCUT2D eigenvalue weighted by molar-refractivity contribution is 7.89. The van der Waals surface area contributed by atoms with Crippen LogP contribution in [0.2, 0.25) is 0 Å². The predicted octanol–water partition coefficient (Wildman–Crippen LogP) is 3.56. The molecule has 0 spiro atoms. The molecule has 0 aliphatic carbocycles. The molecular formula is C24H33N3O4S. The van der Waals surface area contributed by atoms with E-state index in [0.29, 0.717) is 32.5 Å². The van der Waals surface area contributed by atoms with Crippen LogP contribution in [0.5, 0.6) is 0 Å². The van der Waals surface area contributed by atoms with Crippen molar-refractivity contribution in [1.82, 2.24) is 9.62 Å². The first-order valence-corrected chi connectivity index (χ1v) is 12.4. The second-order valence-corrected chi connectivity index (χ2v) is 9.79. The Kier molecular flexibility index (Phi) is 9.41. The quantitative estimate of drug-likeness (QED) is 0.537. The third kappa shape index (κ3) is 7.17.